The highest BCUT2D eigenvalue weighted by molar-refractivity contribution is 5.92. The summed E-state index contributed by atoms with van der Waals surface area (Å²) >= 11 is 0. The molecule has 1 aliphatic heterocycles. The second kappa shape index (κ2) is 6.51. The predicted molar refractivity (Wildman–Crippen MR) is 48.2 cm³/mol. The summed E-state index contributed by atoms with van der Waals surface area (Å²) in [5, 5.41) is 16.0. The maximum Gasteiger partial charge on any atom is 0.321 e. The molecule has 0 aromatic carbocycles. The first-order valence-electron chi connectivity index (χ1n) is 4.26. The molecule has 16 heavy (non-hydrogen) atoms. The van der Waals surface area contributed by atoms with Gasteiger partial charge in [0.05, 0.1) is 19.3 Å². The first kappa shape index (κ1) is 14.0. The quantitative estimate of drug-likeness (QED) is 0.404. The normalized spacial score (nSPS) is 15.8. The first-order valence-corrected chi connectivity index (χ1v) is 4.26. The molecule has 0 radical (unpaired) electrons. The minimum Gasteiger partial charge on any atom is -0.481 e. The molecule has 0 spiro atoms. The van der Waals surface area contributed by atoms with Gasteiger partial charge in [-0.1, -0.05) is 0 Å². The number of aliphatic carboxylic acids is 2. The summed E-state index contributed by atoms with van der Waals surface area (Å²) in [6.07, 6.45) is -0.00694. The highest BCUT2D eigenvalue weighted by atomic mass is 16.6. The van der Waals surface area contributed by atoms with Crippen molar-refractivity contribution < 1.29 is 34.1 Å². The zero-order chi connectivity index (χ0) is 12.7. The maximum atomic E-state index is 10.0. The predicted octanol–water partition coefficient (Wildman–Crippen LogP) is -1.28. The fourth-order valence-electron chi connectivity index (χ4n) is 0.709. The summed E-state index contributed by atoms with van der Waals surface area (Å²) in [5.41, 5.74) is 4.84. The molecule has 8 heteroatoms. The lowest BCUT2D eigenvalue weighted by molar-refractivity contribution is -0.152. The SMILES string of the molecule is N[C@@H](CC(=O)O)C(=O)O.O=C1CCC(=O)O1. The van der Waals surface area contributed by atoms with Crippen LogP contribution in [0.3, 0.4) is 0 Å². The summed E-state index contributed by atoms with van der Waals surface area (Å²) in [5.74, 6) is -3.29. The Kier molecular flexibility index (Phi) is 5.71. The van der Waals surface area contributed by atoms with E-state index in [1.165, 1.54) is 0 Å². The third-order valence-electron chi connectivity index (χ3n) is 1.47. The lowest BCUT2D eigenvalue weighted by Gasteiger charge is -1.99. The molecule has 8 nitrogen and oxygen atoms in total. The Morgan fingerprint density at radius 3 is 1.81 bits per heavy atom. The molecular formula is C8H11NO7. The number of rotatable bonds is 3. The van der Waals surface area contributed by atoms with Crippen molar-refractivity contribution in [2.24, 2.45) is 5.73 Å². The lowest BCUT2D eigenvalue weighted by atomic mass is 10.2. The van der Waals surface area contributed by atoms with Crippen molar-refractivity contribution in [3.63, 3.8) is 0 Å². The number of esters is 2. The van der Waals surface area contributed by atoms with Crippen LogP contribution in [-0.2, 0) is 23.9 Å². The van der Waals surface area contributed by atoms with Crippen LogP contribution < -0.4 is 5.73 Å². The molecule has 1 fully saturated rings. The van der Waals surface area contributed by atoms with E-state index in [1.807, 2.05) is 0 Å². The van der Waals surface area contributed by atoms with Gasteiger partial charge < -0.3 is 20.7 Å². The Balaban J connectivity index is 0.000000288. The Morgan fingerprint density at radius 1 is 1.25 bits per heavy atom. The number of cyclic esters (lactones) is 2. The molecule has 0 bridgehead atoms. The van der Waals surface area contributed by atoms with Crippen LogP contribution >= 0.6 is 0 Å². The van der Waals surface area contributed by atoms with Crippen molar-refractivity contribution >= 4 is 23.9 Å². The van der Waals surface area contributed by atoms with E-state index in [1.54, 1.807) is 0 Å². The average molecular weight is 233 g/mol. The summed E-state index contributed by atoms with van der Waals surface area (Å²) in [6, 6.07) is -1.29. The van der Waals surface area contributed by atoms with Gasteiger partial charge >= 0.3 is 23.9 Å². The van der Waals surface area contributed by atoms with Gasteiger partial charge in [-0.25, -0.2) is 0 Å². The van der Waals surface area contributed by atoms with Crippen LogP contribution in [0.25, 0.3) is 0 Å². The minimum absolute atomic E-state index is 0.263. The molecule has 4 N–H and O–H groups in total. The van der Waals surface area contributed by atoms with Crippen molar-refractivity contribution in [1.82, 2.24) is 0 Å². The zero-order valence-electron chi connectivity index (χ0n) is 8.21. The topological polar surface area (TPSA) is 144 Å². The molecule has 0 aromatic rings. The van der Waals surface area contributed by atoms with E-state index < -0.39 is 36.3 Å². The highest BCUT2D eigenvalue weighted by Crippen LogP contribution is 2.03. The van der Waals surface area contributed by atoms with Gasteiger partial charge in [-0.3, -0.25) is 19.2 Å². The van der Waals surface area contributed by atoms with Gasteiger partial charge in [-0.2, -0.15) is 0 Å². The third kappa shape index (κ3) is 6.49. The van der Waals surface area contributed by atoms with Gasteiger partial charge in [0, 0.05) is 0 Å². The van der Waals surface area contributed by atoms with Crippen LogP contribution in [-0.4, -0.2) is 40.1 Å². The summed E-state index contributed by atoms with van der Waals surface area (Å²) in [4.78, 5) is 39.6. The van der Waals surface area contributed by atoms with Crippen molar-refractivity contribution in [3.8, 4) is 0 Å². The largest absolute Gasteiger partial charge is 0.481 e. The number of carboxylic acid groups (broad SMARTS) is 2. The monoisotopic (exact) mass is 233 g/mol. The number of carbonyl (C=O) groups excluding carboxylic acids is 2. The van der Waals surface area contributed by atoms with Crippen LogP contribution in [0, 0.1) is 0 Å². The fourth-order valence-corrected chi connectivity index (χ4v) is 0.709. The number of ether oxygens (including phenoxy) is 1. The Bertz CT molecular complexity index is 298. The number of hydrogen-bond acceptors (Lipinski definition) is 6. The Hall–Kier alpha value is -1.96. The fraction of sp³-hybridized carbons (Fsp3) is 0.500. The van der Waals surface area contributed by atoms with Gasteiger partial charge in [0.15, 0.2) is 0 Å². The molecule has 1 heterocycles. The molecule has 1 aliphatic rings. The number of carboxylic acids is 2. The molecule has 1 atom stereocenters. The Morgan fingerprint density at radius 2 is 1.69 bits per heavy atom. The minimum atomic E-state index is -1.29. The van der Waals surface area contributed by atoms with Crippen LogP contribution in [0.1, 0.15) is 19.3 Å². The van der Waals surface area contributed by atoms with Gasteiger partial charge in [-0.05, 0) is 0 Å². The maximum absolute atomic E-state index is 10.0. The van der Waals surface area contributed by atoms with E-state index >= 15 is 0 Å². The molecule has 0 aromatic heterocycles. The summed E-state index contributed by atoms with van der Waals surface area (Å²) < 4.78 is 4.08. The van der Waals surface area contributed by atoms with Crippen LogP contribution in [0.4, 0.5) is 0 Å². The molecule has 0 aliphatic carbocycles. The molecule has 0 saturated carbocycles. The summed E-state index contributed by atoms with van der Waals surface area (Å²) in [6.45, 7) is 0. The molecular weight excluding hydrogens is 222 g/mol. The molecule has 90 valence electrons. The second-order valence-corrected chi connectivity index (χ2v) is 2.89. The third-order valence-corrected chi connectivity index (χ3v) is 1.47. The van der Waals surface area contributed by atoms with E-state index in [0.29, 0.717) is 0 Å². The van der Waals surface area contributed by atoms with E-state index in [-0.39, 0.29) is 12.8 Å². The van der Waals surface area contributed by atoms with E-state index in [2.05, 4.69) is 4.74 Å². The molecule has 1 saturated heterocycles. The number of nitrogens with two attached hydrogens (primary N) is 1. The standard InChI is InChI=1S/C4H7NO4.C4H4O3/c5-2(4(8)9)1-3(6)7;5-3-1-2-4(6)7-3/h2H,1,5H2,(H,6,7)(H,8,9);1-2H2/t2-;/m0./s1. The van der Waals surface area contributed by atoms with Crippen molar-refractivity contribution in [2.45, 2.75) is 25.3 Å². The van der Waals surface area contributed by atoms with Gasteiger partial charge in [0.2, 0.25) is 0 Å². The van der Waals surface area contributed by atoms with Crippen LogP contribution in [0.15, 0.2) is 0 Å². The lowest BCUT2D eigenvalue weighted by Crippen LogP contribution is -2.32. The van der Waals surface area contributed by atoms with E-state index in [4.69, 9.17) is 15.9 Å². The van der Waals surface area contributed by atoms with E-state index in [0.717, 1.165) is 0 Å². The number of carbonyl (C=O) groups is 4. The van der Waals surface area contributed by atoms with Crippen molar-refractivity contribution in [3.05, 3.63) is 0 Å². The van der Waals surface area contributed by atoms with Crippen molar-refractivity contribution in [2.75, 3.05) is 0 Å². The Labute approximate surface area is 90.0 Å². The van der Waals surface area contributed by atoms with Gasteiger partial charge in [0.1, 0.15) is 6.04 Å². The smallest absolute Gasteiger partial charge is 0.321 e. The summed E-state index contributed by atoms with van der Waals surface area (Å²) in [7, 11) is 0. The molecule has 1 rings (SSSR count). The van der Waals surface area contributed by atoms with Crippen molar-refractivity contribution in [1.29, 1.82) is 0 Å². The van der Waals surface area contributed by atoms with E-state index in [9.17, 15) is 19.2 Å². The molecule has 0 amide bonds. The zero-order valence-corrected chi connectivity index (χ0v) is 8.21. The highest BCUT2D eigenvalue weighted by Gasteiger charge is 2.19. The van der Waals surface area contributed by atoms with Gasteiger partial charge in [0.25, 0.3) is 0 Å². The van der Waals surface area contributed by atoms with Gasteiger partial charge in [-0.15, -0.1) is 0 Å². The number of hydrogen-bond donors (Lipinski definition) is 3. The molecule has 0 unspecified atom stereocenters. The average Bonchev–Trinajstić information content (AvgIpc) is 2.49. The van der Waals surface area contributed by atoms with Crippen LogP contribution in [0.2, 0.25) is 0 Å². The first-order chi connectivity index (χ1) is 7.32. The van der Waals surface area contributed by atoms with Crippen LogP contribution in [0.5, 0.6) is 0 Å². The second-order valence-electron chi connectivity index (χ2n) is 2.89.